The predicted octanol–water partition coefficient (Wildman–Crippen LogP) is 3.62. The largest absolute Gasteiger partial charge is 0.433 e. The number of benzene rings is 2. The lowest BCUT2D eigenvalue weighted by Gasteiger charge is -2.20. The molecule has 0 unspecified atom stereocenters. The first-order valence-corrected chi connectivity index (χ1v) is 9.45. The predicted molar refractivity (Wildman–Crippen MR) is 97.5 cm³/mol. The Morgan fingerprint density at radius 3 is 2.19 bits per heavy atom. The molecule has 0 bridgehead atoms. The molecule has 0 saturated carbocycles. The number of anilines is 1. The number of rotatable bonds is 6. The normalized spacial score (nSPS) is 12.1. The zero-order valence-corrected chi connectivity index (χ0v) is 15.8. The molecule has 2 aromatic rings. The summed E-state index contributed by atoms with van der Waals surface area (Å²) in [6.07, 6.45) is 0. The third-order valence-corrected chi connectivity index (χ3v) is 4.99. The topological polar surface area (TPSA) is 84.5 Å². The molecular formula is C18H20F2N2O4S. The molecule has 27 heavy (non-hydrogen) atoms. The van der Waals surface area contributed by atoms with Crippen LogP contribution in [0, 0.1) is 0 Å². The highest BCUT2D eigenvalue weighted by Gasteiger charge is 2.22. The van der Waals surface area contributed by atoms with E-state index in [1.807, 2.05) is 0 Å². The lowest BCUT2D eigenvalue weighted by molar-refractivity contribution is -0.0493. The van der Waals surface area contributed by atoms with Gasteiger partial charge in [-0.3, -0.25) is 4.79 Å². The van der Waals surface area contributed by atoms with Crippen LogP contribution in [0.5, 0.6) is 5.75 Å². The molecule has 2 aromatic carbocycles. The van der Waals surface area contributed by atoms with E-state index in [1.54, 1.807) is 26.8 Å². The lowest BCUT2D eigenvalue weighted by Crippen LogP contribution is -2.40. The fourth-order valence-corrected chi connectivity index (χ4v) is 3.63. The van der Waals surface area contributed by atoms with E-state index in [9.17, 15) is 22.0 Å². The van der Waals surface area contributed by atoms with Gasteiger partial charge in [-0.15, -0.1) is 0 Å². The Labute approximate surface area is 156 Å². The van der Waals surface area contributed by atoms with Crippen molar-refractivity contribution in [2.45, 2.75) is 37.8 Å². The van der Waals surface area contributed by atoms with Gasteiger partial charge in [-0.1, -0.05) is 12.1 Å². The van der Waals surface area contributed by atoms with Gasteiger partial charge in [0, 0.05) is 11.1 Å². The van der Waals surface area contributed by atoms with Gasteiger partial charge in [0.05, 0.1) is 10.6 Å². The molecule has 0 atom stereocenters. The molecule has 2 rings (SSSR count). The van der Waals surface area contributed by atoms with Crippen LogP contribution in [0.1, 0.15) is 31.1 Å². The van der Waals surface area contributed by atoms with Crippen molar-refractivity contribution < 1.29 is 26.7 Å². The minimum atomic E-state index is -3.72. The second-order valence-electron chi connectivity index (χ2n) is 6.71. The smallest absolute Gasteiger partial charge is 0.387 e. The summed E-state index contributed by atoms with van der Waals surface area (Å²) in [5, 5.41) is 2.47. The van der Waals surface area contributed by atoms with E-state index in [4.69, 9.17) is 0 Å². The van der Waals surface area contributed by atoms with Crippen molar-refractivity contribution in [3.05, 3.63) is 54.1 Å². The summed E-state index contributed by atoms with van der Waals surface area (Å²) in [5.41, 5.74) is -0.408. The Kier molecular flexibility index (Phi) is 6.17. The molecule has 0 heterocycles. The standard InChI is InChI=1S/C18H20F2N2O4S/c1-18(2,3)22-27(24,25)13-10-8-12(9-11-13)16(23)21-14-6-4-5-7-15(14)26-17(19)20/h4-11,17,22H,1-3H3,(H,21,23). The number of amides is 1. The van der Waals surface area contributed by atoms with Crippen LogP contribution in [-0.2, 0) is 10.0 Å². The van der Waals surface area contributed by atoms with Gasteiger partial charge in [0.25, 0.3) is 5.91 Å². The van der Waals surface area contributed by atoms with Gasteiger partial charge in [0.2, 0.25) is 10.0 Å². The summed E-state index contributed by atoms with van der Waals surface area (Å²) in [5.74, 6) is -0.762. The first kappa shape index (κ1) is 20.8. The second-order valence-corrected chi connectivity index (χ2v) is 8.39. The Bertz CT molecular complexity index is 908. The van der Waals surface area contributed by atoms with Crippen LogP contribution in [0.2, 0.25) is 0 Å². The van der Waals surface area contributed by atoms with Crippen molar-refractivity contribution in [1.29, 1.82) is 0 Å². The summed E-state index contributed by atoms with van der Waals surface area (Å²) >= 11 is 0. The van der Waals surface area contributed by atoms with Gasteiger partial charge in [0.1, 0.15) is 5.75 Å². The number of hydrogen-bond donors (Lipinski definition) is 2. The first-order valence-electron chi connectivity index (χ1n) is 7.97. The molecule has 0 aliphatic carbocycles. The lowest BCUT2D eigenvalue weighted by atomic mass is 10.1. The van der Waals surface area contributed by atoms with Crippen LogP contribution < -0.4 is 14.8 Å². The van der Waals surface area contributed by atoms with E-state index in [2.05, 4.69) is 14.8 Å². The number of alkyl halides is 2. The molecule has 0 aliphatic rings. The number of para-hydroxylation sites is 2. The van der Waals surface area contributed by atoms with E-state index in [-0.39, 0.29) is 21.9 Å². The summed E-state index contributed by atoms with van der Waals surface area (Å²) < 4.78 is 56.3. The van der Waals surface area contributed by atoms with E-state index in [1.165, 1.54) is 42.5 Å². The Hall–Kier alpha value is -2.52. The summed E-state index contributed by atoms with van der Waals surface area (Å²) in [6.45, 7) is 2.12. The Morgan fingerprint density at radius 2 is 1.63 bits per heavy atom. The van der Waals surface area contributed by atoms with Crippen molar-refractivity contribution in [1.82, 2.24) is 4.72 Å². The molecule has 0 spiro atoms. The molecule has 146 valence electrons. The molecular weight excluding hydrogens is 378 g/mol. The highest BCUT2D eigenvalue weighted by atomic mass is 32.2. The van der Waals surface area contributed by atoms with Gasteiger partial charge < -0.3 is 10.1 Å². The molecule has 0 aromatic heterocycles. The minimum Gasteiger partial charge on any atom is -0.433 e. The summed E-state index contributed by atoms with van der Waals surface area (Å²) in [6, 6.07) is 11.0. The van der Waals surface area contributed by atoms with Crippen LogP contribution in [-0.4, -0.2) is 26.5 Å². The first-order chi connectivity index (χ1) is 12.5. The van der Waals surface area contributed by atoms with Crippen molar-refractivity contribution in [3.63, 3.8) is 0 Å². The minimum absolute atomic E-state index is 0.00964. The van der Waals surface area contributed by atoms with Crippen LogP contribution in [0.15, 0.2) is 53.4 Å². The van der Waals surface area contributed by atoms with Gasteiger partial charge >= 0.3 is 6.61 Å². The maximum atomic E-state index is 12.4. The average Bonchev–Trinajstić information content (AvgIpc) is 2.54. The molecule has 9 heteroatoms. The number of ether oxygens (including phenoxy) is 1. The summed E-state index contributed by atoms with van der Waals surface area (Å²) in [7, 11) is -3.72. The van der Waals surface area contributed by atoms with E-state index >= 15 is 0 Å². The molecule has 0 saturated heterocycles. The van der Waals surface area contributed by atoms with Crippen molar-refractivity contribution in [2.24, 2.45) is 0 Å². The summed E-state index contributed by atoms with van der Waals surface area (Å²) in [4.78, 5) is 12.3. The number of sulfonamides is 1. The zero-order chi connectivity index (χ0) is 20.2. The fourth-order valence-electron chi connectivity index (χ4n) is 2.21. The van der Waals surface area contributed by atoms with E-state index in [0.717, 1.165) is 0 Å². The van der Waals surface area contributed by atoms with Crippen molar-refractivity contribution in [3.8, 4) is 5.75 Å². The quantitative estimate of drug-likeness (QED) is 0.778. The highest BCUT2D eigenvalue weighted by molar-refractivity contribution is 7.89. The Morgan fingerprint density at radius 1 is 1.04 bits per heavy atom. The molecule has 0 aliphatic heterocycles. The monoisotopic (exact) mass is 398 g/mol. The van der Waals surface area contributed by atoms with E-state index in [0.29, 0.717) is 0 Å². The van der Waals surface area contributed by atoms with Crippen LogP contribution in [0.25, 0.3) is 0 Å². The third-order valence-electron chi connectivity index (χ3n) is 3.22. The maximum Gasteiger partial charge on any atom is 0.387 e. The molecule has 0 fully saturated rings. The number of hydrogen-bond acceptors (Lipinski definition) is 4. The number of halogens is 2. The van der Waals surface area contributed by atoms with Crippen molar-refractivity contribution in [2.75, 3.05) is 5.32 Å². The van der Waals surface area contributed by atoms with Crippen LogP contribution in [0.3, 0.4) is 0 Å². The van der Waals surface area contributed by atoms with Gasteiger partial charge in [-0.05, 0) is 57.2 Å². The number of carbonyl (C=O) groups excluding carboxylic acids is 1. The highest BCUT2D eigenvalue weighted by Crippen LogP contribution is 2.26. The van der Waals surface area contributed by atoms with Crippen molar-refractivity contribution >= 4 is 21.6 Å². The fraction of sp³-hybridized carbons (Fsp3) is 0.278. The van der Waals surface area contributed by atoms with Crippen LogP contribution in [0.4, 0.5) is 14.5 Å². The number of nitrogens with one attached hydrogen (secondary N) is 2. The molecule has 0 radical (unpaired) electrons. The molecule has 1 amide bonds. The number of carbonyl (C=O) groups is 1. The average molecular weight is 398 g/mol. The van der Waals surface area contributed by atoms with Gasteiger partial charge in [0.15, 0.2) is 0 Å². The second kappa shape index (κ2) is 8.01. The van der Waals surface area contributed by atoms with Gasteiger partial charge in [-0.2, -0.15) is 8.78 Å². The zero-order valence-electron chi connectivity index (χ0n) is 15.0. The third kappa shape index (κ3) is 6.00. The Balaban J connectivity index is 2.18. The van der Waals surface area contributed by atoms with Gasteiger partial charge in [-0.25, -0.2) is 13.1 Å². The molecule has 2 N–H and O–H groups in total. The maximum absolute atomic E-state index is 12.4. The van der Waals surface area contributed by atoms with Crippen LogP contribution >= 0.6 is 0 Å². The molecule has 6 nitrogen and oxygen atoms in total. The van der Waals surface area contributed by atoms with E-state index < -0.39 is 28.1 Å². The SMILES string of the molecule is CC(C)(C)NS(=O)(=O)c1ccc(C(=O)Nc2ccccc2OC(F)F)cc1.